The van der Waals surface area contributed by atoms with E-state index in [9.17, 15) is 0 Å². The van der Waals surface area contributed by atoms with Gasteiger partial charge < -0.3 is 9.64 Å². The Kier molecular flexibility index (Phi) is 8.01. The average molecular weight is 482 g/mol. The van der Waals surface area contributed by atoms with Crippen molar-refractivity contribution >= 4 is 29.7 Å². The van der Waals surface area contributed by atoms with Gasteiger partial charge in [-0.15, -0.1) is 12.4 Å². The zero-order chi connectivity index (χ0) is 21.9. The predicted octanol–water partition coefficient (Wildman–Crippen LogP) is 8.02. The lowest BCUT2D eigenvalue weighted by Crippen LogP contribution is -2.46. The fourth-order valence-corrected chi connectivity index (χ4v) is 5.86. The first kappa shape index (κ1) is 24.1. The van der Waals surface area contributed by atoms with Crippen LogP contribution in [0, 0.1) is 0 Å². The first-order chi connectivity index (χ1) is 15.7. The van der Waals surface area contributed by atoms with E-state index in [-0.39, 0.29) is 24.6 Å². The lowest BCUT2D eigenvalue weighted by atomic mass is 9.96. The predicted molar refractivity (Wildman–Crippen MR) is 141 cm³/mol. The fourth-order valence-electron chi connectivity index (χ4n) is 5.66. The van der Waals surface area contributed by atoms with Gasteiger partial charge in [0, 0.05) is 22.8 Å². The first-order valence-electron chi connectivity index (χ1n) is 12.0. The number of nitrogens with zero attached hydrogens (tertiary/aromatic N) is 1. The molecule has 0 amide bonds. The normalized spacial score (nSPS) is 22.6. The summed E-state index contributed by atoms with van der Waals surface area (Å²) >= 11 is 6.34. The van der Waals surface area contributed by atoms with Crippen LogP contribution in [0.15, 0.2) is 78.9 Å². The summed E-state index contributed by atoms with van der Waals surface area (Å²) in [6.07, 6.45) is 7.20. The highest BCUT2D eigenvalue weighted by atomic mass is 35.5. The van der Waals surface area contributed by atoms with Gasteiger partial charge in [0.25, 0.3) is 0 Å². The van der Waals surface area contributed by atoms with Gasteiger partial charge in [0.1, 0.15) is 6.10 Å². The van der Waals surface area contributed by atoms with Gasteiger partial charge in [0.2, 0.25) is 0 Å². The molecule has 2 fully saturated rings. The highest BCUT2D eigenvalue weighted by molar-refractivity contribution is 6.30. The second-order valence-electron chi connectivity index (χ2n) is 9.29. The van der Waals surface area contributed by atoms with Crippen molar-refractivity contribution in [2.45, 2.75) is 69.7 Å². The average Bonchev–Trinajstić information content (AvgIpc) is 3.08. The number of fused-ring (bicyclic) bond motifs is 2. The van der Waals surface area contributed by atoms with E-state index in [4.69, 9.17) is 16.3 Å². The minimum absolute atomic E-state index is 0. The molecule has 2 aliphatic heterocycles. The van der Waals surface area contributed by atoms with Crippen molar-refractivity contribution in [1.29, 1.82) is 0 Å². The number of hydrogen-bond donors (Lipinski definition) is 0. The number of hydrogen-bond acceptors (Lipinski definition) is 2. The van der Waals surface area contributed by atoms with Crippen molar-refractivity contribution < 1.29 is 4.74 Å². The molecular formula is C29H33Cl2NO. The van der Waals surface area contributed by atoms with E-state index in [0.717, 1.165) is 29.8 Å². The van der Waals surface area contributed by atoms with E-state index in [2.05, 4.69) is 72.5 Å². The van der Waals surface area contributed by atoms with Crippen LogP contribution in [0.2, 0.25) is 5.02 Å². The Bertz CT molecular complexity index is 1030. The van der Waals surface area contributed by atoms with Crippen molar-refractivity contribution in [2.75, 3.05) is 4.90 Å². The van der Waals surface area contributed by atoms with Crippen LogP contribution in [0.1, 0.15) is 61.8 Å². The number of aryl methyl sites for hydroxylation is 1. The van der Waals surface area contributed by atoms with Gasteiger partial charge in [0.15, 0.2) is 0 Å². The lowest BCUT2D eigenvalue weighted by Gasteiger charge is -2.41. The molecule has 2 nitrogen and oxygen atoms in total. The molecule has 2 aliphatic rings. The summed E-state index contributed by atoms with van der Waals surface area (Å²) in [7, 11) is 0. The quantitative estimate of drug-likeness (QED) is 0.338. The largest absolute Gasteiger partial charge is 0.365 e. The van der Waals surface area contributed by atoms with E-state index in [1.165, 1.54) is 36.1 Å². The number of ether oxygens (including phenoxy) is 1. The molecule has 33 heavy (non-hydrogen) atoms. The van der Waals surface area contributed by atoms with Gasteiger partial charge in [-0.2, -0.15) is 0 Å². The summed E-state index contributed by atoms with van der Waals surface area (Å²) in [6.45, 7) is 2.25. The van der Waals surface area contributed by atoms with E-state index in [0.29, 0.717) is 12.1 Å². The van der Waals surface area contributed by atoms with Crippen LogP contribution in [0.3, 0.4) is 0 Å². The molecule has 2 saturated heterocycles. The Hall–Kier alpha value is -2.00. The SMILES string of the molecule is CCCc1cccc(N2[C@@H]3CC[C@H]2CC(OC(c2ccccc2)c2cccc(Cl)c2)C3)c1.Cl. The standard InChI is InChI=1S/C29H32ClNO.ClH/c1-2-8-21-9-6-14-25(17-21)31-26-15-16-27(31)20-28(19-26)32-29(22-10-4-3-5-11-22)23-12-7-13-24(30)18-23;/h3-7,9-14,17-18,26-29H,2,8,15-16,19-20H2,1H3;1H/t26-,27+,28?,29?;. The lowest BCUT2D eigenvalue weighted by molar-refractivity contribution is -0.0132. The molecule has 0 radical (unpaired) electrons. The smallest absolute Gasteiger partial charge is 0.108 e. The molecule has 3 aromatic rings. The van der Waals surface area contributed by atoms with Crippen LogP contribution in [-0.2, 0) is 11.2 Å². The molecule has 2 heterocycles. The molecule has 5 rings (SSSR count). The summed E-state index contributed by atoms with van der Waals surface area (Å²) in [6, 6.07) is 29.0. The van der Waals surface area contributed by atoms with Crippen LogP contribution >= 0.6 is 24.0 Å². The molecule has 174 valence electrons. The number of halogens is 2. The van der Waals surface area contributed by atoms with E-state index in [1.807, 2.05) is 18.2 Å². The fraction of sp³-hybridized carbons (Fsp3) is 0.379. The third-order valence-corrected chi connectivity index (χ3v) is 7.25. The number of benzene rings is 3. The second kappa shape index (κ2) is 11.0. The Morgan fingerprint density at radius 3 is 2.27 bits per heavy atom. The van der Waals surface area contributed by atoms with Gasteiger partial charge in [-0.05, 0) is 73.1 Å². The summed E-state index contributed by atoms with van der Waals surface area (Å²) in [5.41, 5.74) is 5.17. The summed E-state index contributed by atoms with van der Waals surface area (Å²) in [5, 5.41) is 0.758. The maximum Gasteiger partial charge on any atom is 0.108 e. The van der Waals surface area contributed by atoms with Crippen LogP contribution in [-0.4, -0.2) is 18.2 Å². The molecule has 2 bridgehead atoms. The van der Waals surface area contributed by atoms with Crippen LogP contribution in [0.25, 0.3) is 0 Å². The Morgan fingerprint density at radius 2 is 1.58 bits per heavy atom. The molecule has 2 unspecified atom stereocenters. The van der Waals surface area contributed by atoms with Crippen molar-refractivity contribution in [3.63, 3.8) is 0 Å². The third-order valence-electron chi connectivity index (χ3n) is 7.02. The number of piperidine rings is 1. The highest BCUT2D eigenvalue weighted by Crippen LogP contribution is 2.42. The highest BCUT2D eigenvalue weighted by Gasteiger charge is 2.42. The number of rotatable bonds is 7. The Morgan fingerprint density at radius 1 is 0.879 bits per heavy atom. The topological polar surface area (TPSA) is 12.5 Å². The Balaban J connectivity index is 0.00000259. The zero-order valence-electron chi connectivity index (χ0n) is 19.2. The van der Waals surface area contributed by atoms with Crippen molar-refractivity contribution in [3.05, 3.63) is 101 Å². The van der Waals surface area contributed by atoms with Gasteiger partial charge in [-0.3, -0.25) is 0 Å². The van der Waals surface area contributed by atoms with E-state index >= 15 is 0 Å². The Labute approximate surface area is 209 Å². The molecular weight excluding hydrogens is 449 g/mol. The van der Waals surface area contributed by atoms with Crippen LogP contribution < -0.4 is 4.90 Å². The second-order valence-corrected chi connectivity index (χ2v) is 9.72. The number of anilines is 1. The first-order valence-corrected chi connectivity index (χ1v) is 12.4. The summed E-state index contributed by atoms with van der Waals surface area (Å²) in [4.78, 5) is 2.69. The minimum atomic E-state index is -0.0845. The van der Waals surface area contributed by atoms with Gasteiger partial charge in [0.05, 0.1) is 6.10 Å². The maximum atomic E-state index is 6.86. The molecule has 0 N–H and O–H groups in total. The summed E-state index contributed by atoms with van der Waals surface area (Å²) < 4.78 is 6.86. The molecule has 0 saturated carbocycles. The molecule has 0 spiro atoms. The zero-order valence-corrected chi connectivity index (χ0v) is 20.8. The molecule has 0 aliphatic carbocycles. The van der Waals surface area contributed by atoms with Gasteiger partial charge in [-0.25, -0.2) is 0 Å². The van der Waals surface area contributed by atoms with E-state index in [1.54, 1.807) is 0 Å². The molecule has 4 heteroatoms. The summed E-state index contributed by atoms with van der Waals surface area (Å²) in [5.74, 6) is 0. The van der Waals surface area contributed by atoms with Gasteiger partial charge >= 0.3 is 0 Å². The van der Waals surface area contributed by atoms with Crippen molar-refractivity contribution in [2.24, 2.45) is 0 Å². The molecule has 4 atom stereocenters. The van der Waals surface area contributed by atoms with Gasteiger partial charge in [-0.1, -0.05) is 79.5 Å². The van der Waals surface area contributed by atoms with Crippen LogP contribution in [0.4, 0.5) is 5.69 Å². The minimum Gasteiger partial charge on any atom is -0.365 e. The monoisotopic (exact) mass is 481 g/mol. The third kappa shape index (κ3) is 5.40. The van der Waals surface area contributed by atoms with Crippen molar-refractivity contribution in [3.8, 4) is 0 Å². The van der Waals surface area contributed by atoms with Crippen molar-refractivity contribution in [1.82, 2.24) is 0 Å². The van der Waals surface area contributed by atoms with E-state index < -0.39 is 0 Å². The maximum absolute atomic E-state index is 6.86. The molecule has 3 aromatic carbocycles. The molecule has 0 aromatic heterocycles. The van der Waals surface area contributed by atoms with Crippen LogP contribution in [0.5, 0.6) is 0 Å².